The van der Waals surface area contributed by atoms with E-state index in [1.807, 2.05) is 16.7 Å². The molecule has 0 spiro atoms. The highest BCUT2D eigenvalue weighted by Gasteiger charge is 2.37. The number of carbonyl (C=O) groups is 1. The molecule has 1 saturated heterocycles. The molecule has 8 nitrogen and oxygen atoms in total. The van der Waals surface area contributed by atoms with Crippen LogP contribution in [0.15, 0.2) is 29.2 Å². The van der Waals surface area contributed by atoms with Crippen LogP contribution < -0.4 is 16.2 Å². The smallest absolute Gasteiger partial charge is 0.273 e. The van der Waals surface area contributed by atoms with E-state index in [0.29, 0.717) is 18.4 Å². The zero-order chi connectivity index (χ0) is 15.8. The van der Waals surface area contributed by atoms with E-state index in [-0.39, 0.29) is 23.2 Å². The minimum absolute atomic E-state index is 0.000199. The van der Waals surface area contributed by atoms with Gasteiger partial charge >= 0.3 is 0 Å². The molecule has 8 heteroatoms. The molecule has 1 amide bonds. The molecule has 0 radical (unpaired) electrons. The summed E-state index contributed by atoms with van der Waals surface area (Å²) in [7, 11) is 0. The molecule has 0 saturated carbocycles. The fraction of sp³-hybridized carbons (Fsp3) is 0.467. The van der Waals surface area contributed by atoms with Crippen LogP contribution in [0.3, 0.4) is 0 Å². The standard InChI is InChI=1S/C15H18N6O2/c22-14-3-1-2-12-9-4-10(6-16-5-9)13(21(12)14)8-17-15(23)11-7-18-20-19-11/h1-3,7,9-10,13,16H,4-6,8H2,(H,17,23)(H,18,19,20)/t9-,10+,13+/m1/s1. The Bertz CT molecular complexity index is 769. The van der Waals surface area contributed by atoms with Gasteiger partial charge in [-0.25, -0.2) is 0 Å². The van der Waals surface area contributed by atoms with E-state index in [4.69, 9.17) is 0 Å². The first-order valence-corrected chi connectivity index (χ1v) is 7.80. The summed E-state index contributed by atoms with van der Waals surface area (Å²) in [6.45, 7) is 2.17. The van der Waals surface area contributed by atoms with Crippen molar-refractivity contribution in [3.63, 3.8) is 0 Å². The second-order valence-electron chi connectivity index (χ2n) is 6.14. The van der Waals surface area contributed by atoms with Gasteiger partial charge in [-0.1, -0.05) is 6.07 Å². The van der Waals surface area contributed by atoms with E-state index in [1.165, 1.54) is 6.20 Å². The number of piperidine rings is 1. The fourth-order valence-electron chi connectivity index (χ4n) is 3.77. The second-order valence-corrected chi connectivity index (χ2v) is 6.14. The number of nitrogens with one attached hydrogen (secondary N) is 3. The maximum atomic E-state index is 12.4. The number of H-pyrrole nitrogens is 1. The highest BCUT2D eigenvalue weighted by Crippen LogP contribution is 2.37. The van der Waals surface area contributed by atoms with Gasteiger partial charge in [-0.05, 0) is 18.4 Å². The van der Waals surface area contributed by atoms with E-state index in [9.17, 15) is 9.59 Å². The molecule has 4 rings (SSSR count). The first-order valence-electron chi connectivity index (χ1n) is 7.80. The largest absolute Gasteiger partial charge is 0.348 e. The summed E-state index contributed by atoms with van der Waals surface area (Å²) in [6.07, 6.45) is 2.43. The molecule has 2 bridgehead atoms. The lowest BCUT2D eigenvalue weighted by atomic mass is 9.79. The van der Waals surface area contributed by atoms with Crippen molar-refractivity contribution in [2.75, 3.05) is 19.6 Å². The van der Waals surface area contributed by atoms with Crippen LogP contribution in [-0.2, 0) is 0 Å². The van der Waals surface area contributed by atoms with Gasteiger partial charge in [-0.15, -0.1) is 0 Å². The third kappa shape index (κ3) is 2.44. The predicted molar refractivity (Wildman–Crippen MR) is 82.2 cm³/mol. The van der Waals surface area contributed by atoms with Gasteiger partial charge < -0.3 is 15.2 Å². The molecule has 2 aliphatic rings. The van der Waals surface area contributed by atoms with Crippen molar-refractivity contribution in [1.29, 1.82) is 0 Å². The van der Waals surface area contributed by atoms with E-state index in [0.717, 1.165) is 25.2 Å². The summed E-state index contributed by atoms with van der Waals surface area (Å²) in [5.74, 6) is 0.416. The van der Waals surface area contributed by atoms with Gasteiger partial charge in [0.1, 0.15) is 0 Å². The summed E-state index contributed by atoms with van der Waals surface area (Å²) < 4.78 is 1.86. The maximum Gasteiger partial charge on any atom is 0.273 e. The Labute approximate surface area is 132 Å². The number of aromatic nitrogens is 4. The molecule has 0 unspecified atom stereocenters. The average Bonchev–Trinajstić information content (AvgIpc) is 3.10. The normalized spacial score (nSPS) is 25.7. The van der Waals surface area contributed by atoms with Crippen LogP contribution in [0.5, 0.6) is 0 Å². The lowest BCUT2D eigenvalue weighted by molar-refractivity contribution is 0.0927. The van der Waals surface area contributed by atoms with E-state index < -0.39 is 0 Å². The van der Waals surface area contributed by atoms with Gasteiger partial charge in [-0.2, -0.15) is 15.4 Å². The van der Waals surface area contributed by atoms with Crippen molar-refractivity contribution in [3.8, 4) is 0 Å². The van der Waals surface area contributed by atoms with Crippen molar-refractivity contribution in [3.05, 3.63) is 46.1 Å². The lowest BCUT2D eigenvalue weighted by Gasteiger charge is -2.43. The van der Waals surface area contributed by atoms with Gasteiger partial charge in [-0.3, -0.25) is 9.59 Å². The molecule has 0 aromatic carbocycles. The Morgan fingerprint density at radius 2 is 2.30 bits per heavy atom. The van der Waals surface area contributed by atoms with Crippen molar-refractivity contribution < 1.29 is 4.79 Å². The molecule has 2 aromatic rings. The Morgan fingerprint density at radius 3 is 3.13 bits per heavy atom. The van der Waals surface area contributed by atoms with Crippen molar-refractivity contribution in [2.45, 2.75) is 18.4 Å². The van der Waals surface area contributed by atoms with Crippen molar-refractivity contribution in [1.82, 2.24) is 30.6 Å². The SMILES string of the molecule is O=C(NC[C@H]1[C@@H]2CNC[C@@H](C2)c2cccc(=O)n21)c1cn[nH]n1. The molecular weight excluding hydrogens is 296 g/mol. The maximum absolute atomic E-state index is 12.4. The Hall–Kier alpha value is -2.48. The van der Waals surface area contributed by atoms with E-state index in [2.05, 4.69) is 26.0 Å². The fourth-order valence-corrected chi connectivity index (χ4v) is 3.77. The molecule has 23 heavy (non-hydrogen) atoms. The van der Waals surface area contributed by atoms with Crippen molar-refractivity contribution >= 4 is 5.91 Å². The number of hydrogen-bond acceptors (Lipinski definition) is 5. The van der Waals surface area contributed by atoms with Gasteiger partial charge in [0, 0.05) is 37.3 Å². The summed E-state index contributed by atoms with van der Waals surface area (Å²) in [6, 6.07) is 5.37. The van der Waals surface area contributed by atoms with Crippen LogP contribution in [-0.4, -0.2) is 45.5 Å². The molecule has 2 aromatic heterocycles. The first kappa shape index (κ1) is 14.1. The van der Waals surface area contributed by atoms with E-state index >= 15 is 0 Å². The third-order valence-corrected chi connectivity index (χ3v) is 4.82. The summed E-state index contributed by atoms with van der Waals surface area (Å²) >= 11 is 0. The topological polar surface area (TPSA) is 105 Å². The molecule has 3 N–H and O–H groups in total. The van der Waals surface area contributed by atoms with Gasteiger partial charge in [0.15, 0.2) is 5.69 Å². The van der Waals surface area contributed by atoms with Crippen LogP contribution in [0.4, 0.5) is 0 Å². The predicted octanol–water partition coefficient (Wildman–Crippen LogP) is -0.356. The van der Waals surface area contributed by atoms with Crippen molar-refractivity contribution in [2.24, 2.45) is 5.92 Å². The van der Waals surface area contributed by atoms with Gasteiger partial charge in [0.2, 0.25) is 0 Å². The quantitative estimate of drug-likeness (QED) is 0.718. The van der Waals surface area contributed by atoms with Crippen LogP contribution in [0.1, 0.15) is 34.6 Å². The second kappa shape index (κ2) is 5.62. The number of carbonyl (C=O) groups excluding carboxylic acids is 1. The molecule has 1 fully saturated rings. The monoisotopic (exact) mass is 314 g/mol. The average molecular weight is 314 g/mol. The minimum atomic E-state index is -0.282. The number of amides is 1. The van der Waals surface area contributed by atoms with Crippen LogP contribution in [0.25, 0.3) is 0 Å². The molecule has 0 aliphatic carbocycles. The zero-order valence-corrected chi connectivity index (χ0v) is 12.5. The first-order chi connectivity index (χ1) is 11.2. The minimum Gasteiger partial charge on any atom is -0.348 e. The van der Waals surface area contributed by atoms with E-state index in [1.54, 1.807) is 6.07 Å². The number of pyridine rings is 1. The highest BCUT2D eigenvalue weighted by atomic mass is 16.2. The molecule has 2 aliphatic heterocycles. The molecule has 3 atom stereocenters. The number of nitrogens with zero attached hydrogens (tertiary/aromatic N) is 3. The Kier molecular flexibility index (Phi) is 3.45. The number of hydrogen-bond donors (Lipinski definition) is 3. The molecule has 120 valence electrons. The van der Waals surface area contributed by atoms with Gasteiger partial charge in [0.25, 0.3) is 11.5 Å². The molecular formula is C15H18N6O2. The Balaban J connectivity index is 1.61. The summed E-state index contributed by atoms with van der Waals surface area (Å²) in [4.78, 5) is 24.5. The zero-order valence-electron chi connectivity index (χ0n) is 12.5. The highest BCUT2D eigenvalue weighted by molar-refractivity contribution is 5.91. The van der Waals surface area contributed by atoms with Gasteiger partial charge in [0.05, 0.1) is 12.2 Å². The number of fused-ring (bicyclic) bond motifs is 4. The third-order valence-electron chi connectivity index (χ3n) is 4.82. The number of rotatable bonds is 3. The Morgan fingerprint density at radius 1 is 1.39 bits per heavy atom. The summed E-state index contributed by atoms with van der Waals surface area (Å²) in [5, 5.41) is 16.1. The van der Waals surface area contributed by atoms with Crippen LogP contribution in [0, 0.1) is 5.92 Å². The lowest BCUT2D eigenvalue weighted by Crippen LogP contribution is -2.50. The van der Waals surface area contributed by atoms with Crippen LogP contribution >= 0.6 is 0 Å². The number of aromatic amines is 1. The van der Waals surface area contributed by atoms with Crippen LogP contribution in [0.2, 0.25) is 0 Å². The molecule has 4 heterocycles. The summed E-state index contributed by atoms with van der Waals surface area (Å²) in [5.41, 5.74) is 1.31.